The van der Waals surface area contributed by atoms with E-state index in [1.165, 1.54) is 5.56 Å². The maximum Gasteiger partial charge on any atom is 0.119 e. The molecule has 1 rings (SSSR count). The minimum atomic E-state index is 0.512. The topological polar surface area (TPSA) is 21.3 Å². The highest BCUT2D eigenvalue weighted by Gasteiger charge is 2.08. The van der Waals surface area contributed by atoms with Gasteiger partial charge < -0.3 is 10.1 Å². The largest absolute Gasteiger partial charge is 0.497 e. The normalized spacial score (nSPS) is 12.9. The number of halogens is 1. The van der Waals surface area contributed by atoms with E-state index in [2.05, 4.69) is 48.1 Å². The fraction of sp³-hybridized carbons (Fsp3) is 0.538. The molecular weight excluding hydrogens is 266 g/mol. The molecule has 1 N–H and O–H groups in total. The van der Waals surface area contributed by atoms with Gasteiger partial charge in [0.2, 0.25) is 0 Å². The van der Waals surface area contributed by atoms with Crippen molar-refractivity contribution in [3.8, 4) is 5.75 Å². The Labute approximate surface area is 107 Å². The van der Waals surface area contributed by atoms with Crippen LogP contribution in [-0.4, -0.2) is 13.2 Å². The molecule has 0 saturated heterocycles. The van der Waals surface area contributed by atoms with Crippen LogP contribution in [0.1, 0.15) is 26.3 Å². The maximum atomic E-state index is 5.22. The lowest BCUT2D eigenvalue weighted by atomic mass is 10.1. The lowest BCUT2D eigenvalue weighted by molar-refractivity contribution is 0.410. The van der Waals surface area contributed by atoms with Crippen molar-refractivity contribution < 1.29 is 4.74 Å². The van der Waals surface area contributed by atoms with E-state index >= 15 is 0 Å². The summed E-state index contributed by atoms with van der Waals surface area (Å²) in [6.45, 7) is 7.51. The molecule has 0 bridgehead atoms. The Kier molecular flexibility index (Phi) is 5.29. The van der Waals surface area contributed by atoms with Gasteiger partial charge in [0.1, 0.15) is 5.75 Å². The second-order valence-electron chi connectivity index (χ2n) is 4.37. The van der Waals surface area contributed by atoms with Gasteiger partial charge >= 0.3 is 0 Å². The molecule has 90 valence electrons. The van der Waals surface area contributed by atoms with E-state index in [0.717, 1.165) is 16.8 Å². The van der Waals surface area contributed by atoms with Crippen LogP contribution in [-0.2, 0) is 6.54 Å². The summed E-state index contributed by atoms with van der Waals surface area (Å²) < 4.78 is 6.34. The van der Waals surface area contributed by atoms with Gasteiger partial charge in [-0.05, 0) is 36.6 Å². The van der Waals surface area contributed by atoms with Gasteiger partial charge in [-0.1, -0.05) is 29.8 Å². The van der Waals surface area contributed by atoms with Gasteiger partial charge in [-0.2, -0.15) is 0 Å². The van der Waals surface area contributed by atoms with Gasteiger partial charge in [0.15, 0.2) is 0 Å². The predicted octanol–water partition coefficient (Wildman–Crippen LogP) is 3.59. The molecule has 1 aromatic rings. The quantitative estimate of drug-likeness (QED) is 0.893. The maximum absolute atomic E-state index is 5.22. The Bertz CT molecular complexity index is 339. The molecule has 0 radical (unpaired) electrons. The average molecular weight is 286 g/mol. The van der Waals surface area contributed by atoms with Crippen molar-refractivity contribution in [2.75, 3.05) is 7.11 Å². The van der Waals surface area contributed by atoms with E-state index < -0.39 is 0 Å². The van der Waals surface area contributed by atoms with Crippen LogP contribution in [0.5, 0.6) is 5.75 Å². The van der Waals surface area contributed by atoms with Crippen LogP contribution in [0.25, 0.3) is 0 Å². The van der Waals surface area contributed by atoms with Gasteiger partial charge in [-0.15, -0.1) is 0 Å². The fourth-order valence-electron chi connectivity index (χ4n) is 1.32. The molecule has 1 atom stereocenters. The number of ether oxygens (including phenoxy) is 1. The summed E-state index contributed by atoms with van der Waals surface area (Å²) in [4.78, 5) is 0. The van der Waals surface area contributed by atoms with Crippen molar-refractivity contribution in [2.45, 2.75) is 33.4 Å². The van der Waals surface area contributed by atoms with Crippen LogP contribution in [0, 0.1) is 5.92 Å². The third kappa shape index (κ3) is 3.80. The van der Waals surface area contributed by atoms with E-state index in [9.17, 15) is 0 Å². The minimum absolute atomic E-state index is 0.512. The molecule has 0 amide bonds. The van der Waals surface area contributed by atoms with Crippen LogP contribution in [0.4, 0.5) is 0 Å². The minimum Gasteiger partial charge on any atom is -0.497 e. The summed E-state index contributed by atoms with van der Waals surface area (Å²) in [5.74, 6) is 1.54. The van der Waals surface area contributed by atoms with Crippen molar-refractivity contribution in [1.29, 1.82) is 0 Å². The summed E-state index contributed by atoms with van der Waals surface area (Å²) in [7, 11) is 1.69. The van der Waals surface area contributed by atoms with Gasteiger partial charge in [0.25, 0.3) is 0 Å². The molecular formula is C13H20BrNO. The smallest absolute Gasteiger partial charge is 0.119 e. The highest BCUT2D eigenvalue weighted by Crippen LogP contribution is 2.22. The number of rotatable bonds is 5. The lowest BCUT2D eigenvalue weighted by Gasteiger charge is -2.18. The van der Waals surface area contributed by atoms with E-state index in [1.54, 1.807) is 7.11 Å². The molecule has 0 saturated carbocycles. The second kappa shape index (κ2) is 6.26. The summed E-state index contributed by atoms with van der Waals surface area (Å²) in [5.41, 5.74) is 1.23. The standard InChI is InChI=1S/C13H20BrNO/c1-9(2)10(3)15-8-11-7-12(16-4)5-6-13(11)14/h5-7,9-10,15H,8H2,1-4H3. The number of nitrogens with one attached hydrogen (secondary N) is 1. The Morgan fingerprint density at radius 1 is 1.31 bits per heavy atom. The molecule has 2 nitrogen and oxygen atoms in total. The van der Waals surface area contributed by atoms with Gasteiger partial charge in [0.05, 0.1) is 7.11 Å². The second-order valence-corrected chi connectivity index (χ2v) is 5.23. The van der Waals surface area contributed by atoms with Crippen molar-refractivity contribution in [3.63, 3.8) is 0 Å². The third-order valence-corrected chi connectivity index (χ3v) is 3.64. The molecule has 0 spiro atoms. The molecule has 0 aliphatic carbocycles. The SMILES string of the molecule is COc1ccc(Br)c(CNC(C)C(C)C)c1. The molecule has 1 unspecified atom stereocenters. The van der Waals surface area contributed by atoms with E-state index in [4.69, 9.17) is 4.74 Å². The zero-order valence-electron chi connectivity index (χ0n) is 10.4. The van der Waals surface area contributed by atoms with Crippen molar-refractivity contribution in [2.24, 2.45) is 5.92 Å². The average Bonchev–Trinajstić information content (AvgIpc) is 2.27. The van der Waals surface area contributed by atoms with E-state index in [-0.39, 0.29) is 0 Å². The van der Waals surface area contributed by atoms with Gasteiger partial charge in [-0.3, -0.25) is 0 Å². The molecule has 0 heterocycles. The van der Waals surface area contributed by atoms with E-state index in [1.807, 2.05) is 12.1 Å². The number of hydrogen-bond acceptors (Lipinski definition) is 2. The Morgan fingerprint density at radius 3 is 2.56 bits per heavy atom. The molecule has 16 heavy (non-hydrogen) atoms. The predicted molar refractivity (Wildman–Crippen MR) is 71.8 cm³/mol. The summed E-state index contributed by atoms with van der Waals surface area (Å²) in [6, 6.07) is 6.55. The monoisotopic (exact) mass is 285 g/mol. The van der Waals surface area contributed by atoms with Crippen molar-refractivity contribution >= 4 is 15.9 Å². The number of methoxy groups -OCH3 is 1. The summed E-state index contributed by atoms with van der Waals surface area (Å²) in [6.07, 6.45) is 0. The Morgan fingerprint density at radius 2 is 2.00 bits per heavy atom. The van der Waals surface area contributed by atoms with Crippen LogP contribution in [0.3, 0.4) is 0 Å². The summed E-state index contributed by atoms with van der Waals surface area (Å²) >= 11 is 3.55. The molecule has 3 heteroatoms. The zero-order chi connectivity index (χ0) is 12.1. The van der Waals surface area contributed by atoms with Gasteiger partial charge in [-0.25, -0.2) is 0 Å². The third-order valence-electron chi connectivity index (χ3n) is 2.87. The molecule has 1 aromatic carbocycles. The summed E-state index contributed by atoms with van der Waals surface area (Å²) in [5, 5.41) is 3.50. The Hall–Kier alpha value is -0.540. The number of hydrogen-bond donors (Lipinski definition) is 1. The zero-order valence-corrected chi connectivity index (χ0v) is 12.0. The fourth-order valence-corrected chi connectivity index (χ4v) is 1.71. The van der Waals surface area contributed by atoms with Crippen LogP contribution in [0.2, 0.25) is 0 Å². The molecule has 0 fully saturated rings. The Balaban J connectivity index is 2.65. The van der Waals surface area contributed by atoms with Crippen molar-refractivity contribution in [1.82, 2.24) is 5.32 Å². The highest BCUT2D eigenvalue weighted by molar-refractivity contribution is 9.10. The van der Waals surface area contributed by atoms with Crippen LogP contribution >= 0.6 is 15.9 Å². The molecule has 0 aliphatic heterocycles. The first-order valence-corrected chi connectivity index (χ1v) is 6.39. The van der Waals surface area contributed by atoms with Crippen LogP contribution < -0.4 is 10.1 Å². The molecule has 0 aliphatic rings. The van der Waals surface area contributed by atoms with Crippen LogP contribution in [0.15, 0.2) is 22.7 Å². The molecule has 0 aromatic heterocycles. The van der Waals surface area contributed by atoms with Crippen molar-refractivity contribution in [3.05, 3.63) is 28.2 Å². The highest BCUT2D eigenvalue weighted by atomic mass is 79.9. The first-order valence-electron chi connectivity index (χ1n) is 5.60. The van der Waals surface area contributed by atoms with Gasteiger partial charge in [0, 0.05) is 17.1 Å². The van der Waals surface area contributed by atoms with E-state index in [0.29, 0.717) is 12.0 Å². The number of benzene rings is 1. The first-order chi connectivity index (χ1) is 7.54. The first kappa shape index (κ1) is 13.5. The lowest BCUT2D eigenvalue weighted by Crippen LogP contribution is -2.30.